The molecular formula is C14H27N3O2. The van der Waals surface area contributed by atoms with Crippen molar-refractivity contribution < 1.29 is 9.59 Å². The number of carbonyl (C=O) groups excluding carboxylic acids is 2. The molecule has 5 heteroatoms. The summed E-state index contributed by atoms with van der Waals surface area (Å²) in [5.74, 6) is -0.340. The fourth-order valence-electron chi connectivity index (χ4n) is 2.92. The van der Waals surface area contributed by atoms with Crippen LogP contribution in [0.25, 0.3) is 0 Å². The molecule has 110 valence electrons. The van der Waals surface area contributed by atoms with Crippen LogP contribution < -0.4 is 11.1 Å². The van der Waals surface area contributed by atoms with Crippen molar-refractivity contribution in [1.82, 2.24) is 10.2 Å². The Balaban J connectivity index is 2.92. The van der Waals surface area contributed by atoms with Crippen LogP contribution in [-0.2, 0) is 9.59 Å². The Morgan fingerprint density at radius 3 is 2.32 bits per heavy atom. The fraction of sp³-hybridized carbons (Fsp3) is 0.857. The van der Waals surface area contributed by atoms with E-state index in [-0.39, 0.29) is 23.9 Å². The second-order valence-electron chi connectivity index (χ2n) is 5.77. The van der Waals surface area contributed by atoms with Crippen molar-refractivity contribution in [1.29, 1.82) is 0 Å². The SMILES string of the molecule is CCCC1(C(=O)N(CC(N)=O)C(C)C)CCNCC1. The van der Waals surface area contributed by atoms with E-state index in [4.69, 9.17) is 5.73 Å². The lowest BCUT2D eigenvalue weighted by Crippen LogP contribution is -2.53. The third kappa shape index (κ3) is 3.93. The van der Waals surface area contributed by atoms with E-state index in [1.54, 1.807) is 4.90 Å². The van der Waals surface area contributed by atoms with Crippen molar-refractivity contribution in [2.45, 2.75) is 52.5 Å². The number of hydrogen-bond donors (Lipinski definition) is 2. The lowest BCUT2D eigenvalue weighted by molar-refractivity contribution is -0.148. The van der Waals surface area contributed by atoms with Crippen LogP contribution >= 0.6 is 0 Å². The van der Waals surface area contributed by atoms with Crippen LogP contribution in [0.4, 0.5) is 0 Å². The zero-order chi connectivity index (χ0) is 14.5. The summed E-state index contributed by atoms with van der Waals surface area (Å²) >= 11 is 0. The van der Waals surface area contributed by atoms with Crippen LogP contribution in [0.3, 0.4) is 0 Å². The van der Waals surface area contributed by atoms with E-state index in [1.165, 1.54) is 0 Å². The molecule has 0 aromatic heterocycles. The van der Waals surface area contributed by atoms with E-state index in [0.717, 1.165) is 38.8 Å². The average Bonchev–Trinajstić information content (AvgIpc) is 2.36. The molecule has 1 aliphatic rings. The lowest BCUT2D eigenvalue weighted by atomic mass is 9.74. The van der Waals surface area contributed by atoms with E-state index < -0.39 is 5.91 Å². The maximum absolute atomic E-state index is 12.9. The van der Waals surface area contributed by atoms with Gasteiger partial charge in [0, 0.05) is 6.04 Å². The minimum Gasteiger partial charge on any atom is -0.368 e. The maximum Gasteiger partial charge on any atom is 0.237 e. The highest BCUT2D eigenvalue weighted by Gasteiger charge is 2.42. The Labute approximate surface area is 115 Å². The highest BCUT2D eigenvalue weighted by molar-refractivity contribution is 5.87. The second kappa shape index (κ2) is 6.89. The molecule has 1 aliphatic heterocycles. The van der Waals surface area contributed by atoms with Crippen molar-refractivity contribution in [3.63, 3.8) is 0 Å². The highest BCUT2D eigenvalue weighted by Crippen LogP contribution is 2.36. The predicted octanol–water partition coefficient (Wildman–Crippen LogP) is 0.879. The Bertz CT molecular complexity index is 317. The Morgan fingerprint density at radius 2 is 1.89 bits per heavy atom. The van der Waals surface area contributed by atoms with Crippen LogP contribution in [0.1, 0.15) is 46.5 Å². The van der Waals surface area contributed by atoms with Gasteiger partial charge in [0.05, 0.1) is 12.0 Å². The molecule has 1 heterocycles. The highest BCUT2D eigenvalue weighted by atomic mass is 16.2. The van der Waals surface area contributed by atoms with Gasteiger partial charge in [-0.15, -0.1) is 0 Å². The molecule has 1 fully saturated rings. The summed E-state index contributed by atoms with van der Waals surface area (Å²) in [4.78, 5) is 25.7. The van der Waals surface area contributed by atoms with Crippen molar-refractivity contribution in [2.24, 2.45) is 11.1 Å². The molecule has 1 saturated heterocycles. The molecule has 5 nitrogen and oxygen atoms in total. The summed E-state index contributed by atoms with van der Waals surface area (Å²) in [6.45, 7) is 7.73. The van der Waals surface area contributed by atoms with Crippen LogP contribution in [0.15, 0.2) is 0 Å². The molecule has 3 N–H and O–H groups in total. The quantitative estimate of drug-likeness (QED) is 0.751. The first-order valence-electron chi connectivity index (χ1n) is 7.23. The topological polar surface area (TPSA) is 75.4 Å². The number of rotatable bonds is 6. The molecule has 0 radical (unpaired) electrons. The summed E-state index contributed by atoms with van der Waals surface area (Å²) in [5, 5.41) is 3.30. The third-order valence-electron chi connectivity index (χ3n) is 3.95. The van der Waals surface area contributed by atoms with Crippen molar-refractivity contribution in [3.05, 3.63) is 0 Å². The number of amides is 2. The summed E-state index contributed by atoms with van der Waals surface area (Å²) in [6.07, 6.45) is 3.56. The van der Waals surface area contributed by atoms with Crippen LogP contribution in [-0.4, -0.2) is 42.4 Å². The van der Waals surface area contributed by atoms with Gasteiger partial charge in [0.25, 0.3) is 0 Å². The second-order valence-corrected chi connectivity index (χ2v) is 5.77. The van der Waals surface area contributed by atoms with Gasteiger partial charge in [-0.2, -0.15) is 0 Å². The lowest BCUT2D eigenvalue weighted by Gasteiger charge is -2.41. The Hall–Kier alpha value is -1.10. The predicted molar refractivity (Wildman–Crippen MR) is 75.5 cm³/mol. The molecule has 0 aromatic carbocycles. The monoisotopic (exact) mass is 269 g/mol. The van der Waals surface area contributed by atoms with Crippen LogP contribution in [0, 0.1) is 5.41 Å². The molecule has 0 unspecified atom stereocenters. The van der Waals surface area contributed by atoms with Gasteiger partial charge in [0.1, 0.15) is 0 Å². The number of hydrogen-bond acceptors (Lipinski definition) is 3. The minimum absolute atomic E-state index is 0.00335. The summed E-state index contributed by atoms with van der Waals surface area (Å²) in [6, 6.07) is 0.00335. The molecule has 0 atom stereocenters. The van der Waals surface area contributed by atoms with E-state index in [2.05, 4.69) is 12.2 Å². The molecule has 1 rings (SSSR count). The van der Waals surface area contributed by atoms with E-state index in [9.17, 15) is 9.59 Å². The standard InChI is InChI=1S/C14H27N3O2/c1-4-5-14(6-8-16-9-7-14)13(19)17(11(2)3)10-12(15)18/h11,16H,4-10H2,1-3H3,(H2,15,18). The van der Waals surface area contributed by atoms with Crippen LogP contribution in [0.2, 0.25) is 0 Å². The van der Waals surface area contributed by atoms with Gasteiger partial charge in [-0.1, -0.05) is 13.3 Å². The molecule has 19 heavy (non-hydrogen) atoms. The van der Waals surface area contributed by atoms with Gasteiger partial charge < -0.3 is 16.0 Å². The summed E-state index contributed by atoms with van der Waals surface area (Å²) < 4.78 is 0. The Kier molecular flexibility index (Phi) is 5.79. The number of nitrogens with two attached hydrogens (primary N) is 1. The van der Waals surface area contributed by atoms with Gasteiger partial charge in [-0.25, -0.2) is 0 Å². The molecule has 0 aromatic rings. The molecule has 0 aliphatic carbocycles. The molecule has 2 amide bonds. The van der Waals surface area contributed by atoms with Gasteiger partial charge >= 0.3 is 0 Å². The van der Waals surface area contributed by atoms with E-state index >= 15 is 0 Å². The third-order valence-corrected chi connectivity index (χ3v) is 3.95. The van der Waals surface area contributed by atoms with Gasteiger partial charge in [0.2, 0.25) is 11.8 Å². The number of nitrogens with one attached hydrogen (secondary N) is 1. The van der Waals surface area contributed by atoms with Gasteiger partial charge in [0.15, 0.2) is 0 Å². The normalized spacial score (nSPS) is 18.3. The fourth-order valence-corrected chi connectivity index (χ4v) is 2.92. The van der Waals surface area contributed by atoms with Gasteiger partial charge in [-0.05, 0) is 46.2 Å². The summed E-state index contributed by atoms with van der Waals surface area (Å²) in [7, 11) is 0. The molecule has 0 saturated carbocycles. The number of nitrogens with zero attached hydrogens (tertiary/aromatic N) is 1. The van der Waals surface area contributed by atoms with Crippen molar-refractivity contribution in [2.75, 3.05) is 19.6 Å². The Morgan fingerprint density at radius 1 is 1.32 bits per heavy atom. The number of piperidine rings is 1. The van der Waals surface area contributed by atoms with Crippen LogP contribution in [0.5, 0.6) is 0 Å². The molecule has 0 spiro atoms. The zero-order valence-corrected chi connectivity index (χ0v) is 12.4. The van der Waals surface area contributed by atoms with Gasteiger partial charge in [-0.3, -0.25) is 9.59 Å². The zero-order valence-electron chi connectivity index (χ0n) is 12.4. The largest absolute Gasteiger partial charge is 0.368 e. The number of primary amides is 1. The molecule has 0 bridgehead atoms. The molecular weight excluding hydrogens is 242 g/mol. The smallest absolute Gasteiger partial charge is 0.237 e. The van der Waals surface area contributed by atoms with E-state index in [0.29, 0.717) is 0 Å². The van der Waals surface area contributed by atoms with Crippen molar-refractivity contribution >= 4 is 11.8 Å². The maximum atomic E-state index is 12.9. The first-order chi connectivity index (χ1) is 8.93. The summed E-state index contributed by atoms with van der Waals surface area (Å²) in [5.41, 5.74) is 4.96. The first kappa shape index (κ1) is 16.0. The van der Waals surface area contributed by atoms with Crippen molar-refractivity contribution in [3.8, 4) is 0 Å². The number of carbonyl (C=O) groups is 2. The first-order valence-corrected chi connectivity index (χ1v) is 7.23. The average molecular weight is 269 g/mol. The van der Waals surface area contributed by atoms with E-state index in [1.807, 2.05) is 13.8 Å². The minimum atomic E-state index is -0.442.